The second kappa shape index (κ2) is 11.7. The summed E-state index contributed by atoms with van der Waals surface area (Å²) in [5.74, 6) is 0.156. The molecule has 0 bridgehead atoms. The fraction of sp³-hybridized carbons (Fsp3) is 0.375. The number of amides is 2. The van der Waals surface area contributed by atoms with Crippen molar-refractivity contribution in [1.29, 1.82) is 0 Å². The van der Waals surface area contributed by atoms with Crippen molar-refractivity contribution >= 4 is 45.3 Å². The quantitative estimate of drug-likeness (QED) is 0.294. The van der Waals surface area contributed by atoms with Crippen LogP contribution in [0.25, 0.3) is 27.7 Å². The summed E-state index contributed by atoms with van der Waals surface area (Å²) in [6.07, 6.45) is 8.36. The zero-order valence-corrected chi connectivity index (χ0v) is 24.7. The lowest BCUT2D eigenvalue weighted by Crippen LogP contribution is -2.45. The van der Waals surface area contributed by atoms with E-state index in [-0.39, 0.29) is 28.8 Å². The number of anilines is 1. The van der Waals surface area contributed by atoms with Crippen LogP contribution in [0.2, 0.25) is 0 Å². The molecular weight excluding hydrogens is 558 g/mol. The SMILES string of the molecule is Cn1c2ccccc2n2c3nc(N4CCC(NC(=O)c5cnccn5)CC4)ccc3c(=O)c(C(=O)NCCN3CCCC3)c12. The summed E-state index contributed by atoms with van der Waals surface area (Å²) >= 11 is 0. The molecule has 0 saturated carbocycles. The van der Waals surface area contributed by atoms with Crippen LogP contribution in [0.15, 0.2) is 59.8 Å². The highest BCUT2D eigenvalue weighted by atomic mass is 16.2. The summed E-state index contributed by atoms with van der Waals surface area (Å²) in [6, 6.07) is 11.5. The highest BCUT2D eigenvalue weighted by Gasteiger charge is 2.27. The summed E-state index contributed by atoms with van der Waals surface area (Å²) in [6.45, 7) is 4.73. The van der Waals surface area contributed by atoms with Gasteiger partial charge in [0, 0.05) is 51.7 Å². The van der Waals surface area contributed by atoms with Crippen molar-refractivity contribution in [2.24, 2.45) is 7.05 Å². The Hall–Kier alpha value is -4.84. The number of aromatic nitrogens is 5. The molecule has 2 amide bonds. The van der Waals surface area contributed by atoms with Gasteiger partial charge in [-0.1, -0.05) is 12.1 Å². The molecule has 6 heterocycles. The molecule has 226 valence electrons. The average Bonchev–Trinajstić information content (AvgIpc) is 3.68. The van der Waals surface area contributed by atoms with Crippen molar-refractivity contribution in [3.05, 3.63) is 76.5 Å². The van der Waals surface area contributed by atoms with E-state index in [1.165, 1.54) is 31.4 Å². The predicted octanol–water partition coefficient (Wildman–Crippen LogP) is 2.35. The number of hydrogen-bond acceptors (Lipinski definition) is 8. The Morgan fingerprint density at radius 1 is 0.955 bits per heavy atom. The number of aryl methyl sites for hydroxylation is 1. The zero-order chi connectivity index (χ0) is 30.2. The second-order valence-electron chi connectivity index (χ2n) is 11.6. The van der Waals surface area contributed by atoms with Crippen molar-refractivity contribution in [3.63, 3.8) is 0 Å². The number of piperidine rings is 1. The summed E-state index contributed by atoms with van der Waals surface area (Å²) in [4.78, 5) is 57.8. The summed E-state index contributed by atoms with van der Waals surface area (Å²) in [7, 11) is 1.88. The van der Waals surface area contributed by atoms with E-state index in [0.29, 0.717) is 42.0 Å². The molecule has 12 heteroatoms. The minimum Gasteiger partial charge on any atom is -0.356 e. The molecular formula is C32H35N9O3. The van der Waals surface area contributed by atoms with E-state index < -0.39 is 0 Å². The van der Waals surface area contributed by atoms with Gasteiger partial charge in [0.25, 0.3) is 11.8 Å². The first kappa shape index (κ1) is 28.0. The number of pyridine rings is 2. The largest absolute Gasteiger partial charge is 0.356 e. The van der Waals surface area contributed by atoms with E-state index in [1.807, 2.05) is 46.3 Å². The van der Waals surface area contributed by atoms with Gasteiger partial charge < -0.3 is 25.0 Å². The number of nitrogens with one attached hydrogen (secondary N) is 2. The van der Waals surface area contributed by atoms with Gasteiger partial charge in [-0.15, -0.1) is 0 Å². The van der Waals surface area contributed by atoms with Crippen LogP contribution in [0, 0.1) is 0 Å². The van der Waals surface area contributed by atoms with E-state index in [9.17, 15) is 14.4 Å². The Labute approximate surface area is 253 Å². The monoisotopic (exact) mass is 593 g/mol. The first-order valence-corrected chi connectivity index (χ1v) is 15.2. The van der Waals surface area contributed by atoms with Crippen LogP contribution in [0.5, 0.6) is 0 Å². The Bertz CT molecular complexity index is 1920. The van der Waals surface area contributed by atoms with E-state index in [2.05, 4.69) is 30.4 Å². The summed E-state index contributed by atoms with van der Waals surface area (Å²) in [5.41, 5.74) is 2.92. The van der Waals surface area contributed by atoms with E-state index >= 15 is 0 Å². The van der Waals surface area contributed by atoms with Gasteiger partial charge in [0.2, 0.25) is 5.43 Å². The minimum absolute atomic E-state index is 0.0140. The first-order chi connectivity index (χ1) is 21.5. The number of rotatable bonds is 7. The molecule has 2 aliphatic rings. The fourth-order valence-corrected chi connectivity index (χ4v) is 6.56. The number of nitrogens with zero attached hydrogens (tertiary/aromatic N) is 7. The molecule has 0 atom stereocenters. The lowest BCUT2D eigenvalue weighted by molar-refractivity contribution is 0.0923. The molecule has 12 nitrogen and oxygen atoms in total. The van der Waals surface area contributed by atoms with E-state index in [1.54, 1.807) is 6.07 Å². The number of likely N-dealkylation sites (tertiary alicyclic amines) is 1. The van der Waals surface area contributed by atoms with E-state index in [4.69, 9.17) is 4.98 Å². The molecule has 44 heavy (non-hydrogen) atoms. The Kier molecular flexibility index (Phi) is 7.42. The average molecular weight is 594 g/mol. The summed E-state index contributed by atoms with van der Waals surface area (Å²) < 4.78 is 3.85. The topological polar surface area (TPSA) is 130 Å². The van der Waals surface area contributed by atoms with Gasteiger partial charge in [-0.3, -0.25) is 23.8 Å². The molecule has 2 fully saturated rings. The van der Waals surface area contributed by atoms with Crippen LogP contribution in [-0.2, 0) is 7.05 Å². The molecule has 5 aromatic rings. The highest BCUT2D eigenvalue weighted by molar-refractivity contribution is 6.06. The van der Waals surface area contributed by atoms with Crippen LogP contribution < -0.4 is 21.0 Å². The van der Waals surface area contributed by atoms with Gasteiger partial charge in [-0.25, -0.2) is 9.97 Å². The van der Waals surface area contributed by atoms with Gasteiger partial charge in [0.05, 0.1) is 22.6 Å². The number of benzene rings is 1. The van der Waals surface area contributed by atoms with Gasteiger partial charge >= 0.3 is 0 Å². The van der Waals surface area contributed by atoms with Crippen LogP contribution in [0.4, 0.5) is 5.82 Å². The maximum absolute atomic E-state index is 14.0. The molecule has 0 aliphatic carbocycles. The number of imidazole rings is 1. The van der Waals surface area contributed by atoms with Crippen molar-refractivity contribution in [2.45, 2.75) is 31.7 Å². The second-order valence-corrected chi connectivity index (χ2v) is 11.6. The molecule has 4 aromatic heterocycles. The van der Waals surface area contributed by atoms with Crippen molar-refractivity contribution in [3.8, 4) is 0 Å². The third-order valence-electron chi connectivity index (χ3n) is 8.87. The van der Waals surface area contributed by atoms with Gasteiger partial charge in [0.15, 0.2) is 5.65 Å². The number of fused-ring (bicyclic) bond motifs is 5. The molecule has 7 rings (SSSR count). The molecule has 1 aromatic carbocycles. The smallest absolute Gasteiger partial charge is 0.271 e. The standard InChI is InChI=1S/C32H35N9O3/c1-38-24-6-2-3-7-25(24)41-29-22(28(42)27(32(38)41)31(44)35-14-19-39-15-4-5-16-39)8-9-26(37-29)40-17-10-21(11-18-40)36-30(43)23-20-33-12-13-34-23/h2-3,6-9,12-13,20-21H,4-5,10-11,14-19H2,1H3,(H,35,44)(H,36,43). The predicted molar refractivity (Wildman–Crippen MR) is 168 cm³/mol. The number of para-hydroxylation sites is 2. The normalized spacial score (nSPS) is 16.2. The zero-order valence-electron chi connectivity index (χ0n) is 24.7. The Morgan fingerprint density at radius 3 is 2.48 bits per heavy atom. The van der Waals surface area contributed by atoms with Gasteiger partial charge in [-0.2, -0.15) is 0 Å². The van der Waals surface area contributed by atoms with Crippen LogP contribution in [0.1, 0.15) is 46.5 Å². The maximum atomic E-state index is 14.0. The van der Waals surface area contributed by atoms with Gasteiger partial charge in [-0.05, 0) is 63.0 Å². The molecule has 2 aliphatic heterocycles. The first-order valence-electron chi connectivity index (χ1n) is 15.2. The highest BCUT2D eigenvalue weighted by Crippen LogP contribution is 2.27. The number of hydrogen-bond donors (Lipinski definition) is 2. The number of carbonyl (C=O) groups excluding carboxylic acids is 2. The lowest BCUT2D eigenvalue weighted by atomic mass is 10.0. The molecule has 0 unspecified atom stereocenters. The Morgan fingerprint density at radius 2 is 1.73 bits per heavy atom. The van der Waals surface area contributed by atoms with Crippen molar-refractivity contribution in [1.82, 2.24) is 39.5 Å². The molecule has 0 radical (unpaired) electrons. The third kappa shape index (κ3) is 5.04. The maximum Gasteiger partial charge on any atom is 0.271 e. The molecule has 2 saturated heterocycles. The van der Waals surface area contributed by atoms with E-state index in [0.717, 1.165) is 49.3 Å². The molecule has 2 N–H and O–H groups in total. The minimum atomic E-state index is -0.366. The molecule has 0 spiro atoms. The van der Waals surface area contributed by atoms with Crippen LogP contribution in [-0.4, -0.2) is 85.9 Å². The summed E-state index contributed by atoms with van der Waals surface area (Å²) in [5, 5.41) is 6.48. The Balaban J connectivity index is 1.20. The van der Waals surface area contributed by atoms with Crippen molar-refractivity contribution < 1.29 is 9.59 Å². The van der Waals surface area contributed by atoms with Crippen LogP contribution in [0.3, 0.4) is 0 Å². The third-order valence-corrected chi connectivity index (χ3v) is 8.87. The van der Waals surface area contributed by atoms with Gasteiger partial charge in [0.1, 0.15) is 22.7 Å². The number of carbonyl (C=O) groups is 2. The van der Waals surface area contributed by atoms with Crippen LogP contribution >= 0.6 is 0 Å². The van der Waals surface area contributed by atoms with Crippen molar-refractivity contribution in [2.75, 3.05) is 44.2 Å². The lowest BCUT2D eigenvalue weighted by Gasteiger charge is -2.33. The fourth-order valence-electron chi connectivity index (χ4n) is 6.56.